The first-order chi connectivity index (χ1) is 30.2. The topological polar surface area (TPSA) is 56.5 Å². The zero-order chi connectivity index (χ0) is 40.3. The third-order valence-electron chi connectivity index (χ3n) is 11.8. The maximum atomic E-state index is 5.29. The Morgan fingerprint density at radius 1 is 0.279 bits per heavy atom. The summed E-state index contributed by atoms with van der Waals surface area (Å²) in [4.78, 5) is 20.2. The van der Waals surface area contributed by atoms with Crippen molar-refractivity contribution in [3.05, 3.63) is 212 Å². The molecule has 0 atom stereocenters. The van der Waals surface area contributed by atoms with Crippen LogP contribution in [0.3, 0.4) is 0 Å². The second-order valence-electron chi connectivity index (χ2n) is 15.4. The lowest BCUT2D eigenvalue weighted by atomic mass is 9.90. The van der Waals surface area contributed by atoms with Crippen LogP contribution in [0.25, 0.3) is 116 Å². The molecule has 0 spiro atoms. The number of aromatic nitrogens is 5. The summed E-state index contributed by atoms with van der Waals surface area (Å²) in [5.41, 5.74) is 10.4. The van der Waals surface area contributed by atoms with Crippen LogP contribution in [0.5, 0.6) is 0 Å². The molecule has 0 amide bonds. The van der Waals surface area contributed by atoms with E-state index < -0.39 is 0 Å². The van der Waals surface area contributed by atoms with Crippen LogP contribution in [0.2, 0.25) is 0 Å². The van der Waals surface area contributed by atoms with Crippen LogP contribution in [0.15, 0.2) is 212 Å². The fourth-order valence-corrected chi connectivity index (χ4v) is 9.04. The molecule has 3 aromatic heterocycles. The quantitative estimate of drug-likeness (QED) is 0.158. The number of fused-ring (bicyclic) bond motifs is 9. The summed E-state index contributed by atoms with van der Waals surface area (Å²) < 4.78 is 2.41. The lowest BCUT2D eigenvalue weighted by Crippen LogP contribution is -2.01. The molecule has 0 aliphatic heterocycles. The summed E-state index contributed by atoms with van der Waals surface area (Å²) >= 11 is 0. The molecule has 12 rings (SSSR count). The maximum Gasteiger partial charge on any atom is 0.182 e. The average Bonchev–Trinajstić information content (AvgIpc) is 3.68. The van der Waals surface area contributed by atoms with Gasteiger partial charge in [-0.1, -0.05) is 170 Å². The van der Waals surface area contributed by atoms with Crippen molar-refractivity contribution in [2.75, 3.05) is 0 Å². The van der Waals surface area contributed by atoms with Gasteiger partial charge in [-0.3, -0.25) is 0 Å². The van der Waals surface area contributed by atoms with Crippen molar-refractivity contribution in [1.29, 1.82) is 0 Å². The van der Waals surface area contributed by atoms with Gasteiger partial charge in [0, 0.05) is 33.2 Å². The average molecular weight is 778 g/mol. The summed E-state index contributed by atoms with van der Waals surface area (Å²) in [6.45, 7) is 0. The molecule has 0 unspecified atom stereocenters. The highest BCUT2D eigenvalue weighted by molar-refractivity contribution is 6.28. The van der Waals surface area contributed by atoms with Crippen LogP contribution in [0.1, 0.15) is 0 Å². The Bertz CT molecular complexity index is 3550. The Kier molecular flexibility index (Phi) is 8.10. The van der Waals surface area contributed by atoms with Gasteiger partial charge in [0.05, 0.1) is 16.7 Å². The fraction of sp³-hybridized carbons (Fsp3) is 0. The third-order valence-corrected chi connectivity index (χ3v) is 11.8. The number of pyridine rings is 1. The monoisotopic (exact) mass is 777 g/mol. The van der Waals surface area contributed by atoms with Crippen LogP contribution in [-0.4, -0.2) is 24.5 Å². The summed E-state index contributed by atoms with van der Waals surface area (Å²) in [5.74, 6) is 1.74. The molecular weight excluding hydrogens is 743 g/mol. The highest BCUT2D eigenvalue weighted by Gasteiger charge is 2.19. The molecule has 3 heterocycles. The Morgan fingerprint density at radius 2 is 0.820 bits per heavy atom. The predicted octanol–water partition coefficient (Wildman–Crippen LogP) is 14.2. The standard InChI is InChI=1S/C56H35N5/c1-4-16-36(17-5-1)39-30-33-52-48(34-39)43-23-12-13-29-51(43)61(52)40-31-32-42-45-25-14-26-46(53(45)44-24-11-10-22-41(44)47(42)35-40)49-27-15-28-50(57-49)56-59-54(37-18-6-2-7-19-37)58-55(60-56)38-20-8-3-9-21-38/h1-35H. The molecule has 0 N–H and O–H groups in total. The van der Waals surface area contributed by atoms with Crippen molar-refractivity contribution in [1.82, 2.24) is 24.5 Å². The van der Waals surface area contributed by atoms with Gasteiger partial charge >= 0.3 is 0 Å². The van der Waals surface area contributed by atoms with E-state index in [1.165, 1.54) is 65.3 Å². The van der Waals surface area contributed by atoms with Crippen LogP contribution in [0, 0.1) is 0 Å². The molecular formula is C56H35N5. The van der Waals surface area contributed by atoms with Crippen LogP contribution >= 0.6 is 0 Å². The van der Waals surface area contributed by atoms with Crippen molar-refractivity contribution in [2.24, 2.45) is 0 Å². The molecule has 12 aromatic rings. The molecule has 0 radical (unpaired) electrons. The first-order valence-corrected chi connectivity index (χ1v) is 20.6. The molecule has 0 saturated carbocycles. The van der Waals surface area contributed by atoms with Crippen molar-refractivity contribution in [2.45, 2.75) is 0 Å². The van der Waals surface area contributed by atoms with E-state index in [9.17, 15) is 0 Å². The van der Waals surface area contributed by atoms with Crippen molar-refractivity contribution < 1.29 is 0 Å². The summed E-state index contributed by atoms with van der Waals surface area (Å²) in [6.07, 6.45) is 0. The summed E-state index contributed by atoms with van der Waals surface area (Å²) in [6, 6.07) is 74.7. The molecule has 0 fully saturated rings. The highest BCUT2D eigenvalue weighted by Crippen LogP contribution is 2.42. The van der Waals surface area contributed by atoms with E-state index in [0.717, 1.165) is 28.1 Å². The van der Waals surface area contributed by atoms with Gasteiger partial charge < -0.3 is 4.57 Å². The Hall–Kier alpha value is -8.28. The van der Waals surface area contributed by atoms with Crippen molar-refractivity contribution in [3.63, 3.8) is 0 Å². The second-order valence-corrected chi connectivity index (χ2v) is 15.4. The lowest BCUT2D eigenvalue weighted by molar-refractivity contribution is 1.06. The van der Waals surface area contributed by atoms with Gasteiger partial charge in [0.2, 0.25) is 0 Å². The smallest absolute Gasteiger partial charge is 0.182 e. The van der Waals surface area contributed by atoms with E-state index in [0.29, 0.717) is 23.2 Å². The molecule has 5 nitrogen and oxygen atoms in total. The van der Waals surface area contributed by atoms with Crippen LogP contribution < -0.4 is 0 Å². The fourth-order valence-electron chi connectivity index (χ4n) is 9.04. The van der Waals surface area contributed by atoms with Gasteiger partial charge in [-0.2, -0.15) is 0 Å². The van der Waals surface area contributed by atoms with Crippen molar-refractivity contribution in [3.8, 4) is 62.4 Å². The van der Waals surface area contributed by atoms with E-state index in [4.69, 9.17) is 19.9 Å². The molecule has 0 aliphatic carbocycles. The van der Waals surface area contributed by atoms with E-state index in [-0.39, 0.29) is 0 Å². The number of nitrogens with zero attached hydrogens (tertiary/aromatic N) is 5. The zero-order valence-electron chi connectivity index (χ0n) is 32.9. The number of hydrogen-bond acceptors (Lipinski definition) is 4. The van der Waals surface area contributed by atoms with Gasteiger partial charge in [-0.25, -0.2) is 19.9 Å². The van der Waals surface area contributed by atoms with Gasteiger partial charge in [0.15, 0.2) is 17.5 Å². The number of benzene rings is 9. The summed E-state index contributed by atoms with van der Waals surface area (Å²) in [5, 5.41) is 9.60. The molecule has 0 bridgehead atoms. The van der Waals surface area contributed by atoms with Crippen LogP contribution in [0.4, 0.5) is 0 Å². The van der Waals surface area contributed by atoms with Gasteiger partial charge in [0.25, 0.3) is 0 Å². The second kappa shape index (κ2) is 14.2. The number of para-hydroxylation sites is 1. The Labute approximate surface area is 351 Å². The van der Waals surface area contributed by atoms with Crippen molar-refractivity contribution >= 4 is 54.1 Å². The minimum absolute atomic E-state index is 0.527. The summed E-state index contributed by atoms with van der Waals surface area (Å²) in [7, 11) is 0. The molecule has 0 saturated heterocycles. The first-order valence-electron chi connectivity index (χ1n) is 20.6. The highest BCUT2D eigenvalue weighted by atomic mass is 15.0. The van der Waals surface area contributed by atoms with Crippen LogP contribution in [-0.2, 0) is 0 Å². The molecule has 0 aliphatic rings. The SMILES string of the molecule is c1ccc(-c2ccc3c(c2)c2ccccc2n3-c2ccc3c(c2)c2ccccc2c2c(-c4cccc(-c5nc(-c6ccccc6)nc(-c6ccccc6)n5)n4)cccc32)cc1. The van der Waals surface area contributed by atoms with Gasteiger partial charge in [-0.15, -0.1) is 0 Å². The molecule has 284 valence electrons. The zero-order valence-corrected chi connectivity index (χ0v) is 32.9. The Morgan fingerprint density at radius 3 is 1.54 bits per heavy atom. The van der Waals surface area contributed by atoms with E-state index in [1.807, 2.05) is 66.7 Å². The first kappa shape index (κ1) is 34.7. The van der Waals surface area contributed by atoms with Gasteiger partial charge in [-0.05, 0) is 85.9 Å². The minimum Gasteiger partial charge on any atom is -0.309 e. The minimum atomic E-state index is 0.527. The van der Waals surface area contributed by atoms with E-state index in [2.05, 4.69) is 150 Å². The molecule has 9 aromatic carbocycles. The van der Waals surface area contributed by atoms with E-state index in [1.54, 1.807) is 0 Å². The maximum absolute atomic E-state index is 5.29. The lowest BCUT2D eigenvalue weighted by Gasteiger charge is -2.16. The predicted molar refractivity (Wildman–Crippen MR) is 252 cm³/mol. The largest absolute Gasteiger partial charge is 0.309 e. The Balaban J connectivity index is 1.03. The third kappa shape index (κ3) is 5.86. The number of rotatable bonds is 6. The van der Waals surface area contributed by atoms with E-state index >= 15 is 0 Å². The normalized spacial score (nSPS) is 11.6. The number of hydrogen-bond donors (Lipinski definition) is 0. The molecule has 5 heteroatoms. The van der Waals surface area contributed by atoms with Gasteiger partial charge in [0.1, 0.15) is 5.69 Å². The molecule has 61 heavy (non-hydrogen) atoms.